The second-order valence-electron chi connectivity index (χ2n) is 7.06. The van der Waals surface area contributed by atoms with Crippen molar-refractivity contribution in [1.29, 1.82) is 0 Å². The lowest BCUT2D eigenvalue weighted by Crippen LogP contribution is -2.34. The quantitative estimate of drug-likeness (QED) is 0.909. The molecule has 2 aliphatic rings. The van der Waals surface area contributed by atoms with E-state index in [9.17, 15) is 18.0 Å². The van der Waals surface area contributed by atoms with Gasteiger partial charge >= 0.3 is 6.18 Å². The van der Waals surface area contributed by atoms with Gasteiger partial charge in [0.25, 0.3) is 0 Å². The summed E-state index contributed by atoms with van der Waals surface area (Å²) in [5.74, 6) is 0.789. The lowest BCUT2D eigenvalue weighted by molar-refractivity contribution is -0.143. The number of carbonyl (C=O) groups excluding carboxylic acids is 1. The summed E-state index contributed by atoms with van der Waals surface area (Å²) in [6.07, 6.45) is -2.16. The van der Waals surface area contributed by atoms with E-state index in [4.69, 9.17) is 5.73 Å². The molecule has 1 aromatic heterocycles. The number of rotatable bonds is 3. The fourth-order valence-electron chi connectivity index (χ4n) is 4.09. The number of nitrogens with two attached hydrogens (primary N) is 1. The summed E-state index contributed by atoms with van der Waals surface area (Å²) in [6, 6.07) is 0.158. The highest BCUT2D eigenvalue weighted by Gasteiger charge is 2.42. The van der Waals surface area contributed by atoms with Gasteiger partial charge in [0.1, 0.15) is 6.54 Å². The van der Waals surface area contributed by atoms with Crippen LogP contribution in [0.5, 0.6) is 0 Å². The first-order valence-corrected chi connectivity index (χ1v) is 8.28. The second-order valence-corrected chi connectivity index (χ2v) is 7.06. The normalized spacial score (nSPS) is 26.9. The molecule has 5 nitrogen and oxygen atoms in total. The Morgan fingerprint density at radius 2 is 2.00 bits per heavy atom. The molecule has 3 atom stereocenters. The Morgan fingerprint density at radius 3 is 2.62 bits per heavy atom. The lowest BCUT2D eigenvalue weighted by atomic mass is 9.98. The average molecular weight is 344 g/mol. The summed E-state index contributed by atoms with van der Waals surface area (Å²) >= 11 is 0. The third kappa shape index (κ3) is 3.29. The number of hydrogen-bond donors (Lipinski definition) is 1. The predicted octanol–water partition coefficient (Wildman–Crippen LogP) is 1.80. The van der Waals surface area contributed by atoms with E-state index in [1.807, 2.05) is 4.90 Å². The van der Waals surface area contributed by atoms with Crippen molar-refractivity contribution in [2.45, 2.75) is 51.9 Å². The van der Waals surface area contributed by atoms with Crippen molar-refractivity contribution in [2.24, 2.45) is 17.6 Å². The van der Waals surface area contributed by atoms with Crippen molar-refractivity contribution >= 4 is 5.91 Å². The summed E-state index contributed by atoms with van der Waals surface area (Å²) in [7, 11) is 0. The predicted molar refractivity (Wildman–Crippen MR) is 82.2 cm³/mol. The third-order valence-corrected chi connectivity index (χ3v) is 5.45. The van der Waals surface area contributed by atoms with Crippen LogP contribution in [0.15, 0.2) is 0 Å². The van der Waals surface area contributed by atoms with Crippen molar-refractivity contribution in [2.75, 3.05) is 13.1 Å². The maximum atomic E-state index is 12.6. The van der Waals surface area contributed by atoms with Crippen LogP contribution in [-0.2, 0) is 17.8 Å². The SMILES string of the molecule is Cc1nn(CC(F)(F)F)c(C)c1CC(=O)N1CC2CCC(N)C2C1. The zero-order valence-electron chi connectivity index (χ0n) is 13.9. The minimum atomic E-state index is -4.33. The maximum absolute atomic E-state index is 12.6. The molecule has 3 rings (SSSR count). The van der Waals surface area contributed by atoms with Crippen molar-refractivity contribution < 1.29 is 18.0 Å². The van der Waals surface area contributed by atoms with Gasteiger partial charge in [0, 0.05) is 30.4 Å². The standard InChI is InChI=1S/C16H23F3N4O/c1-9-12(10(2)23(21-9)8-16(17,18)19)5-15(24)22-6-11-3-4-14(20)13(11)7-22/h11,13-14H,3-8,20H2,1-2H3. The van der Waals surface area contributed by atoms with Crippen LogP contribution < -0.4 is 5.73 Å². The van der Waals surface area contributed by atoms with Gasteiger partial charge in [-0.05, 0) is 38.5 Å². The highest BCUT2D eigenvalue weighted by molar-refractivity contribution is 5.79. The van der Waals surface area contributed by atoms with Crippen LogP contribution in [0.25, 0.3) is 0 Å². The van der Waals surface area contributed by atoms with Gasteiger partial charge in [0.05, 0.1) is 12.1 Å². The van der Waals surface area contributed by atoms with Crippen molar-refractivity contribution in [3.05, 3.63) is 17.0 Å². The number of likely N-dealkylation sites (tertiary alicyclic amines) is 1. The van der Waals surface area contributed by atoms with Crippen molar-refractivity contribution in [1.82, 2.24) is 14.7 Å². The zero-order chi connectivity index (χ0) is 17.6. The Hall–Kier alpha value is -1.57. The Morgan fingerprint density at radius 1 is 1.29 bits per heavy atom. The molecular formula is C16H23F3N4O. The number of alkyl halides is 3. The monoisotopic (exact) mass is 344 g/mol. The van der Waals surface area contributed by atoms with E-state index in [1.54, 1.807) is 13.8 Å². The number of aryl methyl sites for hydroxylation is 1. The number of halogens is 3. The van der Waals surface area contributed by atoms with E-state index in [2.05, 4.69) is 5.10 Å². The number of nitrogens with zero attached hydrogens (tertiary/aromatic N) is 3. The fraction of sp³-hybridized carbons (Fsp3) is 0.750. The van der Waals surface area contributed by atoms with Gasteiger partial charge < -0.3 is 10.6 Å². The molecule has 1 amide bonds. The molecule has 2 fully saturated rings. The first-order valence-electron chi connectivity index (χ1n) is 8.28. The number of fused-ring (bicyclic) bond motifs is 1. The molecule has 0 aromatic carbocycles. The Balaban J connectivity index is 1.69. The third-order valence-electron chi connectivity index (χ3n) is 5.45. The summed E-state index contributed by atoms with van der Waals surface area (Å²) < 4.78 is 38.7. The molecule has 0 spiro atoms. The molecule has 1 aliphatic carbocycles. The van der Waals surface area contributed by atoms with E-state index >= 15 is 0 Å². The van der Waals surface area contributed by atoms with E-state index in [-0.39, 0.29) is 18.4 Å². The van der Waals surface area contributed by atoms with Gasteiger partial charge in [0.15, 0.2) is 0 Å². The molecule has 2 N–H and O–H groups in total. The molecular weight excluding hydrogens is 321 g/mol. The summed E-state index contributed by atoms with van der Waals surface area (Å²) in [6.45, 7) is 3.49. The van der Waals surface area contributed by atoms with Crippen LogP contribution in [0.3, 0.4) is 0 Å². The van der Waals surface area contributed by atoms with Gasteiger partial charge in [-0.3, -0.25) is 9.48 Å². The largest absolute Gasteiger partial charge is 0.408 e. The molecule has 8 heteroatoms. The summed E-state index contributed by atoms with van der Waals surface area (Å²) in [5, 5.41) is 3.95. The summed E-state index contributed by atoms with van der Waals surface area (Å²) in [4.78, 5) is 14.4. The highest BCUT2D eigenvalue weighted by atomic mass is 19.4. The molecule has 0 bridgehead atoms. The fourth-order valence-corrected chi connectivity index (χ4v) is 4.09. The van der Waals surface area contributed by atoms with Crippen LogP contribution in [0.1, 0.15) is 29.8 Å². The van der Waals surface area contributed by atoms with Gasteiger partial charge in [-0.2, -0.15) is 18.3 Å². The molecule has 1 aromatic rings. The lowest BCUT2D eigenvalue weighted by Gasteiger charge is -2.19. The van der Waals surface area contributed by atoms with Crippen molar-refractivity contribution in [3.63, 3.8) is 0 Å². The molecule has 134 valence electrons. The van der Waals surface area contributed by atoms with Gasteiger partial charge in [-0.25, -0.2) is 0 Å². The van der Waals surface area contributed by atoms with Gasteiger partial charge in [-0.15, -0.1) is 0 Å². The molecule has 1 saturated carbocycles. The minimum Gasteiger partial charge on any atom is -0.342 e. The molecule has 3 unspecified atom stereocenters. The van der Waals surface area contributed by atoms with Crippen LogP contribution in [0.2, 0.25) is 0 Å². The van der Waals surface area contributed by atoms with E-state index < -0.39 is 12.7 Å². The Bertz CT molecular complexity index is 640. The molecule has 2 heterocycles. The molecule has 1 saturated heterocycles. The highest BCUT2D eigenvalue weighted by Crippen LogP contribution is 2.37. The average Bonchev–Trinajstić information content (AvgIpc) is 3.10. The topological polar surface area (TPSA) is 64.2 Å². The smallest absolute Gasteiger partial charge is 0.342 e. The van der Waals surface area contributed by atoms with E-state index in [1.165, 1.54) is 0 Å². The number of aromatic nitrogens is 2. The van der Waals surface area contributed by atoms with Gasteiger partial charge in [0.2, 0.25) is 5.91 Å². The maximum Gasteiger partial charge on any atom is 0.408 e. The molecule has 1 aliphatic heterocycles. The van der Waals surface area contributed by atoms with Crippen LogP contribution >= 0.6 is 0 Å². The van der Waals surface area contributed by atoms with Crippen molar-refractivity contribution in [3.8, 4) is 0 Å². The Kier molecular flexibility index (Phi) is 4.36. The summed E-state index contributed by atoms with van der Waals surface area (Å²) in [5.41, 5.74) is 7.59. The first-order chi connectivity index (χ1) is 11.2. The van der Waals surface area contributed by atoms with Crippen LogP contribution in [0, 0.1) is 25.7 Å². The van der Waals surface area contributed by atoms with E-state index in [0.717, 1.165) is 17.5 Å². The molecule has 0 radical (unpaired) electrons. The van der Waals surface area contributed by atoms with Crippen LogP contribution in [-0.4, -0.2) is 45.9 Å². The number of amides is 1. The number of hydrogen-bond acceptors (Lipinski definition) is 3. The Labute approximate surface area is 139 Å². The second kappa shape index (κ2) is 6.06. The minimum absolute atomic E-state index is 0.0469. The van der Waals surface area contributed by atoms with E-state index in [0.29, 0.717) is 41.9 Å². The first kappa shape index (κ1) is 17.3. The zero-order valence-corrected chi connectivity index (χ0v) is 13.9. The van der Waals surface area contributed by atoms with Gasteiger partial charge in [-0.1, -0.05) is 0 Å². The number of carbonyl (C=O) groups is 1. The van der Waals surface area contributed by atoms with Crippen LogP contribution in [0.4, 0.5) is 13.2 Å². The molecule has 24 heavy (non-hydrogen) atoms.